The molecule has 0 amide bonds. The van der Waals surface area contributed by atoms with Gasteiger partial charge in [-0.1, -0.05) is 24.6 Å². The average molecular weight is 289 g/mol. The van der Waals surface area contributed by atoms with Crippen LogP contribution >= 0.6 is 0 Å². The molecule has 0 spiro atoms. The molecule has 0 saturated carbocycles. The Kier molecular flexibility index (Phi) is 3.30. The maximum atomic E-state index is 12.6. The number of sulfone groups is 1. The van der Waals surface area contributed by atoms with Crippen molar-refractivity contribution in [2.24, 2.45) is 0 Å². The highest BCUT2D eigenvalue weighted by molar-refractivity contribution is 7.92. The standard InChI is InChI=1S/C15H15NO3S/c17-15(13-8-1-2-10-20(13,18)19)12-7-3-5-11-6-4-9-16-14(11)12/h3-7,9,13H,1-2,8,10H2. The number of rotatable bonds is 2. The summed E-state index contributed by atoms with van der Waals surface area (Å²) in [6.07, 6.45) is 3.48. The van der Waals surface area contributed by atoms with Gasteiger partial charge in [0, 0.05) is 17.1 Å². The number of nitrogens with zero attached hydrogens (tertiary/aromatic N) is 1. The minimum absolute atomic E-state index is 0.113. The van der Waals surface area contributed by atoms with Gasteiger partial charge >= 0.3 is 0 Å². The number of pyridine rings is 1. The van der Waals surface area contributed by atoms with E-state index in [1.54, 1.807) is 24.4 Å². The smallest absolute Gasteiger partial charge is 0.183 e. The van der Waals surface area contributed by atoms with E-state index in [0.29, 0.717) is 23.9 Å². The van der Waals surface area contributed by atoms with Gasteiger partial charge in [0.1, 0.15) is 5.25 Å². The molecule has 104 valence electrons. The molecule has 0 bridgehead atoms. The largest absolute Gasteiger partial charge is 0.293 e. The average Bonchev–Trinajstić information content (AvgIpc) is 2.45. The molecule has 20 heavy (non-hydrogen) atoms. The molecule has 5 heteroatoms. The van der Waals surface area contributed by atoms with Crippen LogP contribution in [0.5, 0.6) is 0 Å². The second kappa shape index (κ2) is 4.98. The lowest BCUT2D eigenvalue weighted by Crippen LogP contribution is -2.35. The summed E-state index contributed by atoms with van der Waals surface area (Å²) in [4.78, 5) is 16.8. The molecule has 1 fully saturated rings. The van der Waals surface area contributed by atoms with Crippen LogP contribution in [0.1, 0.15) is 29.6 Å². The predicted molar refractivity (Wildman–Crippen MR) is 77.5 cm³/mol. The molecule has 4 nitrogen and oxygen atoms in total. The Morgan fingerprint density at radius 1 is 1.15 bits per heavy atom. The molecule has 0 N–H and O–H groups in total. The first kappa shape index (κ1) is 13.2. The Balaban J connectivity index is 2.09. The molecule has 1 unspecified atom stereocenters. The molecule has 1 saturated heterocycles. The van der Waals surface area contributed by atoms with E-state index in [1.807, 2.05) is 12.1 Å². The molecule has 1 aromatic carbocycles. The highest BCUT2D eigenvalue weighted by atomic mass is 32.2. The fourth-order valence-electron chi connectivity index (χ4n) is 2.73. The van der Waals surface area contributed by atoms with Crippen LogP contribution in [-0.2, 0) is 9.84 Å². The van der Waals surface area contributed by atoms with Crippen LogP contribution in [-0.4, -0.2) is 30.2 Å². The maximum Gasteiger partial charge on any atom is 0.183 e. The highest BCUT2D eigenvalue weighted by Crippen LogP contribution is 2.25. The summed E-state index contributed by atoms with van der Waals surface area (Å²) in [6.45, 7) is 0. The maximum absolute atomic E-state index is 12.6. The van der Waals surface area contributed by atoms with Crippen molar-refractivity contribution in [2.75, 3.05) is 5.75 Å². The van der Waals surface area contributed by atoms with Gasteiger partial charge in [-0.15, -0.1) is 0 Å². The zero-order chi connectivity index (χ0) is 14.2. The van der Waals surface area contributed by atoms with Crippen LogP contribution in [0.15, 0.2) is 36.5 Å². The third-order valence-electron chi connectivity index (χ3n) is 3.77. The number of hydrogen-bond donors (Lipinski definition) is 0. The molecule has 2 heterocycles. The number of aromatic nitrogens is 1. The van der Waals surface area contributed by atoms with Gasteiger partial charge in [0.05, 0.1) is 11.3 Å². The minimum Gasteiger partial charge on any atom is -0.293 e. The van der Waals surface area contributed by atoms with Crippen LogP contribution < -0.4 is 0 Å². The molecule has 2 aromatic rings. The summed E-state index contributed by atoms with van der Waals surface area (Å²) in [5.41, 5.74) is 0.999. The first-order chi connectivity index (χ1) is 9.59. The summed E-state index contributed by atoms with van der Waals surface area (Å²) < 4.78 is 24.2. The van der Waals surface area contributed by atoms with Gasteiger partial charge < -0.3 is 0 Å². The van der Waals surface area contributed by atoms with Gasteiger partial charge in [0.15, 0.2) is 15.6 Å². The first-order valence-corrected chi connectivity index (χ1v) is 8.41. The minimum atomic E-state index is -3.32. The van der Waals surface area contributed by atoms with Gasteiger partial charge in [-0.25, -0.2) is 8.42 Å². The zero-order valence-electron chi connectivity index (χ0n) is 11.0. The van der Waals surface area contributed by atoms with Crippen LogP contribution in [0, 0.1) is 0 Å². The Morgan fingerprint density at radius 2 is 1.95 bits per heavy atom. The van der Waals surface area contributed by atoms with E-state index in [1.165, 1.54) is 0 Å². The number of Topliss-reactive ketones (excluding diaryl/α,β-unsaturated/α-hetero) is 1. The van der Waals surface area contributed by atoms with E-state index in [0.717, 1.165) is 11.8 Å². The van der Waals surface area contributed by atoms with E-state index < -0.39 is 15.1 Å². The quantitative estimate of drug-likeness (QED) is 0.796. The predicted octanol–water partition coefficient (Wildman–Crippen LogP) is 2.38. The SMILES string of the molecule is O=C(c1cccc2cccnc12)C1CCCCS1(=O)=O. The Labute approximate surface area is 117 Å². The van der Waals surface area contributed by atoms with Crippen LogP contribution in [0.2, 0.25) is 0 Å². The van der Waals surface area contributed by atoms with Crippen molar-refractivity contribution >= 4 is 26.5 Å². The summed E-state index contributed by atoms with van der Waals surface area (Å²) in [7, 11) is -3.32. The zero-order valence-corrected chi connectivity index (χ0v) is 11.8. The monoisotopic (exact) mass is 289 g/mol. The third-order valence-corrected chi connectivity index (χ3v) is 5.94. The number of carbonyl (C=O) groups excluding carboxylic acids is 1. The van der Waals surface area contributed by atoms with Gasteiger partial charge in [-0.3, -0.25) is 9.78 Å². The van der Waals surface area contributed by atoms with Gasteiger partial charge in [0.2, 0.25) is 0 Å². The van der Waals surface area contributed by atoms with E-state index in [4.69, 9.17) is 0 Å². The molecular weight excluding hydrogens is 274 g/mol. The summed E-state index contributed by atoms with van der Waals surface area (Å²) >= 11 is 0. The van der Waals surface area contributed by atoms with Gasteiger partial charge in [0.25, 0.3) is 0 Å². The number of ketones is 1. The van der Waals surface area contributed by atoms with Crippen molar-refractivity contribution < 1.29 is 13.2 Å². The lowest BCUT2D eigenvalue weighted by atomic mass is 10.0. The number of para-hydroxylation sites is 1. The van der Waals surface area contributed by atoms with Crippen molar-refractivity contribution in [2.45, 2.75) is 24.5 Å². The molecule has 1 aliphatic heterocycles. The third kappa shape index (κ3) is 2.22. The van der Waals surface area contributed by atoms with Crippen LogP contribution in [0.3, 0.4) is 0 Å². The fourth-order valence-corrected chi connectivity index (χ4v) is 4.60. The number of hydrogen-bond acceptors (Lipinski definition) is 4. The summed E-state index contributed by atoms with van der Waals surface area (Å²) in [5.74, 6) is -0.198. The van der Waals surface area contributed by atoms with E-state index in [-0.39, 0.29) is 11.5 Å². The summed E-state index contributed by atoms with van der Waals surface area (Å²) in [6, 6.07) is 8.98. The fraction of sp³-hybridized carbons (Fsp3) is 0.333. The molecule has 0 aliphatic carbocycles. The molecule has 1 aromatic heterocycles. The lowest BCUT2D eigenvalue weighted by Gasteiger charge is -2.21. The van der Waals surface area contributed by atoms with Crippen molar-refractivity contribution in [1.82, 2.24) is 4.98 Å². The van der Waals surface area contributed by atoms with Crippen molar-refractivity contribution in [3.63, 3.8) is 0 Å². The molecular formula is C15H15NO3S. The summed E-state index contributed by atoms with van der Waals surface area (Å²) in [5, 5.41) is -0.0459. The van der Waals surface area contributed by atoms with Gasteiger partial charge in [-0.05, 0) is 25.0 Å². The first-order valence-electron chi connectivity index (χ1n) is 6.69. The van der Waals surface area contributed by atoms with Crippen LogP contribution in [0.4, 0.5) is 0 Å². The Bertz CT molecular complexity index is 762. The number of fused-ring (bicyclic) bond motifs is 1. The molecule has 0 radical (unpaired) electrons. The topological polar surface area (TPSA) is 64.1 Å². The molecule has 1 aliphatic rings. The van der Waals surface area contributed by atoms with Crippen LogP contribution in [0.25, 0.3) is 10.9 Å². The Hall–Kier alpha value is -1.75. The lowest BCUT2D eigenvalue weighted by molar-refractivity contribution is 0.0983. The van der Waals surface area contributed by atoms with E-state index in [2.05, 4.69) is 4.98 Å². The van der Waals surface area contributed by atoms with Crippen molar-refractivity contribution in [1.29, 1.82) is 0 Å². The second-order valence-corrected chi connectivity index (χ2v) is 7.40. The Morgan fingerprint density at radius 3 is 2.75 bits per heavy atom. The second-order valence-electron chi connectivity index (χ2n) is 5.10. The normalized spacial score (nSPS) is 21.7. The van der Waals surface area contributed by atoms with E-state index >= 15 is 0 Å². The number of carbonyl (C=O) groups is 1. The highest BCUT2D eigenvalue weighted by Gasteiger charge is 2.35. The number of benzene rings is 1. The van der Waals surface area contributed by atoms with Crippen molar-refractivity contribution in [3.05, 3.63) is 42.1 Å². The van der Waals surface area contributed by atoms with E-state index in [9.17, 15) is 13.2 Å². The molecule has 3 rings (SSSR count). The van der Waals surface area contributed by atoms with Gasteiger partial charge in [-0.2, -0.15) is 0 Å². The van der Waals surface area contributed by atoms with Crippen molar-refractivity contribution in [3.8, 4) is 0 Å². The molecule has 1 atom stereocenters.